The Morgan fingerprint density at radius 1 is 1.33 bits per heavy atom. The number of likely N-dealkylation sites (tertiary alicyclic amines) is 1. The normalized spacial score (nSPS) is 18.3. The Morgan fingerprint density at radius 3 is 2.63 bits per heavy atom. The first kappa shape index (κ1) is 23.8. The van der Waals surface area contributed by atoms with Crippen molar-refractivity contribution in [2.45, 2.75) is 44.9 Å². The molecule has 1 aromatic carbocycles. The molecule has 168 valence electrons. The van der Waals surface area contributed by atoms with Crippen molar-refractivity contribution >= 4 is 12.1 Å². The van der Waals surface area contributed by atoms with Gasteiger partial charge in [-0.1, -0.05) is 18.2 Å². The van der Waals surface area contributed by atoms with Gasteiger partial charge in [-0.15, -0.1) is 0 Å². The van der Waals surface area contributed by atoms with Gasteiger partial charge in [0.25, 0.3) is 0 Å². The van der Waals surface area contributed by atoms with Gasteiger partial charge in [-0.2, -0.15) is 0 Å². The largest absolute Gasteiger partial charge is 0.496 e. The van der Waals surface area contributed by atoms with Crippen molar-refractivity contribution in [1.82, 2.24) is 20.4 Å². The van der Waals surface area contributed by atoms with E-state index in [0.29, 0.717) is 13.1 Å². The van der Waals surface area contributed by atoms with E-state index in [1.807, 2.05) is 39.0 Å². The molecule has 1 amide bonds. The van der Waals surface area contributed by atoms with Crippen LogP contribution in [0.2, 0.25) is 0 Å². The Bertz CT molecular complexity index is 730. The molecule has 0 bridgehead atoms. The molecule has 2 unspecified atom stereocenters. The predicted octanol–water partition coefficient (Wildman–Crippen LogP) is 2.47. The molecule has 1 saturated heterocycles. The van der Waals surface area contributed by atoms with Crippen LogP contribution in [0.3, 0.4) is 0 Å². The minimum Gasteiger partial charge on any atom is -0.496 e. The first-order valence-corrected chi connectivity index (χ1v) is 10.4. The number of rotatable bonds is 6. The predicted molar refractivity (Wildman–Crippen MR) is 120 cm³/mol. The van der Waals surface area contributed by atoms with E-state index >= 15 is 0 Å². The van der Waals surface area contributed by atoms with Gasteiger partial charge in [0.2, 0.25) is 0 Å². The molecule has 8 heteroatoms. The number of para-hydroxylation sites is 1. The lowest BCUT2D eigenvalue weighted by molar-refractivity contribution is 0.0507. The Kier molecular flexibility index (Phi) is 8.34. The Labute approximate surface area is 180 Å². The standard InChI is InChI=1S/C22H37N5O3/c1-22(2,3)30-21(28)25-16-12-13-27(15-16)20(23-4)24-14-18(26(5)6)17-10-8-9-11-19(17)29-7/h8-11,16,18H,12-15H2,1-7H3,(H,23,24)(H,25,28). The average molecular weight is 420 g/mol. The summed E-state index contributed by atoms with van der Waals surface area (Å²) in [6.07, 6.45) is 0.477. The molecule has 2 rings (SSSR count). The maximum Gasteiger partial charge on any atom is 0.407 e. The van der Waals surface area contributed by atoms with Gasteiger partial charge < -0.3 is 29.9 Å². The van der Waals surface area contributed by atoms with Crippen molar-refractivity contribution in [3.8, 4) is 5.75 Å². The summed E-state index contributed by atoms with van der Waals surface area (Å²) in [6.45, 7) is 7.79. The summed E-state index contributed by atoms with van der Waals surface area (Å²) in [4.78, 5) is 20.8. The molecule has 2 atom stereocenters. The summed E-state index contributed by atoms with van der Waals surface area (Å²) in [5, 5.41) is 6.45. The number of benzene rings is 1. The van der Waals surface area contributed by atoms with Crippen molar-refractivity contribution in [3.05, 3.63) is 29.8 Å². The van der Waals surface area contributed by atoms with E-state index in [0.717, 1.165) is 30.2 Å². The lowest BCUT2D eigenvalue weighted by Gasteiger charge is -2.29. The molecule has 0 saturated carbocycles. The number of nitrogens with one attached hydrogen (secondary N) is 2. The molecule has 0 aliphatic carbocycles. The summed E-state index contributed by atoms with van der Waals surface area (Å²) in [5.74, 6) is 1.70. The second-order valence-corrected chi connectivity index (χ2v) is 8.73. The molecule has 0 aromatic heterocycles. The lowest BCUT2D eigenvalue weighted by Crippen LogP contribution is -2.45. The van der Waals surface area contributed by atoms with Gasteiger partial charge in [0.05, 0.1) is 19.2 Å². The number of nitrogens with zero attached hydrogens (tertiary/aromatic N) is 3. The molecular weight excluding hydrogens is 382 g/mol. The monoisotopic (exact) mass is 419 g/mol. The van der Waals surface area contributed by atoms with Crippen molar-refractivity contribution in [1.29, 1.82) is 0 Å². The molecule has 8 nitrogen and oxygen atoms in total. The number of ether oxygens (including phenoxy) is 2. The quantitative estimate of drug-likeness (QED) is 0.545. The summed E-state index contributed by atoms with van der Waals surface area (Å²) < 4.78 is 10.9. The number of aliphatic imine (C=N–C) groups is 1. The van der Waals surface area contributed by atoms with E-state index in [9.17, 15) is 4.79 Å². The minimum atomic E-state index is -0.500. The van der Waals surface area contributed by atoms with Crippen LogP contribution in [-0.4, -0.2) is 81.4 Å². The summed E-state index contributed by atoms with van der Waals surface area (Å²) in [5.41, 5.74) is 0.624. The second-order valence-electron chi connectivity index (χ2n) is 8.73. The lowest BCUT2D eigenvalue weighted by atomic mass is 10.0. The van der Waals surface area contributed by atoms with Crippen LogP contribution in [0, 0.1) is 0 Å². The highest BCUT2D eigenvalue weighted by Gasteiger charge is 2.28. The Balaban J connectivity index is 1.96. The highest BCUT2D eigenvalue weighted by molar-refractivity contribution is 5.80. The molecule has 30 heavy (non-hydrogen) atoms. The number of likely N-dealkylation sites (N-methyl/N-ethyl adjacent to an activating group) is 1. The van der Waals surface area contributed by atoms with Gasteiger partial charge in [0.1, 0.15) is 11.4 Å². The van der Waals surface area contributed by atoms with Crippen LogP contribution in [0.25, 0.3) is 0 Å². The zero-order chi connectivity index (χ0) is 22.3. The topological polar surface area (TPSA) is 78.4 Å². The summed E-state index contributed by atoms with van der Waals surface area (Å²) in [7, 11) is 7.58. The Morgan fingerprint density at radius 2 is 2.03 bits per heavy atom. The van der Waals surface area contributed by atoms with Crippen LogP contribution in [0.5, 0.6) is 5.75 Å². The number of carbonyl (C=O) groups is 1. The molecule has 0 radical (unpaired) electrons. The third-order valence-corrected chi connectivity index (χ3v) is 5.00. The third kappa shape index (κ3) is 6.79. The maximum atomic E-state index is 12.1. The van der Waals surface area contributed by atoms with Crippen LogP contribution >= 0.6 is 0 Å². The number of hydrogen-bond acceptors (Lipinski definition) is 5. The molecule has 2 N–H and O–H groups in total. The smallest absolute Gasteiger partial charge is 0.407 e. The van der Waals surface area contributed by atoms with Crippen LogP contribution in [0.4, 0.5) is 4.79 Å². The van der Waals surface area contributed by atoms with Crippen molar-refractivity contribution < 1.29 is 14.3 Å². The second kappa shape index (κ2) is 10.5. The van der Waals surface area contributed by atoms with Crippen molar-refractivity contribution in [3.63, 3.8) is 0 Å². The number of alkyl carbamates (subject to hydrolysis) is 1. The highest BCUT2D eigenvalue weighted by atomic mass is 16.6. The SMILES string of the molecule is CN=C(NCC(c1ccccc1OC)N(C)C)N1CCC(NC(=O)OC(C)(C)C)C1. The van der Waals surface area contributed by atoms with E-state index in [1.54, 1.807) is 14.2 Å². The van der Waals surface area contributed by atoms with Gasteiger partial charge in [0.15, 0.2) is 5.96 Å². The van der Waals surface area contributed by atoms with E-state index in [4.69, 9.17) is 9.47 Å². The first-order chi connectivity index (χ1) is 14.1. The van der Waals surface area contributed by atoms with Crippen LogP contribution < -0.4 is 15.4 Å². The van der Waals surface area contributed by atoms with Gasteiger partial charge in [-0.05, 0) is 47.4 Å². The number of guanidine groups is 1. The molecule has 1 fully saturated rings. The van der Waals surface area contributed by atoms with Gasteiger partial charge >= 0.3 is 6.09 Å². The molecular formula is C22H37N5O3. The van der Waals surface area contributed by atoms with Gasteiger partial charge in [-0.3, -0.25) is 4.99 Å². The highest BCUT2D eigenvalue weighted by Crippen LogP contribution is 2.27. The van der Waals surface area contributed by atoms with Crippen LogP contribution in [-0.2, 0) is 4.74 Å². The summed E-state index contributed by atoms with van der Waals surface area (Å²) in [6, 6.07) is 8.23. The zero-order valence-electron chi connectivity index (χ0n) is 19.4. The fourth-order valence-electron chi connectivity index (χ4n) is 3.58. The van der Waals surface area contributed by atoms with E-state index in [1.165, 1.54) is 0 Å². The fourth-order valence-corrected chi connectivity index (χ4v) is 3.58. The van der Waals surface area contributed by atoms with E-state index in [-0.39, 0.29) is 18.2 Å². The molecule has 0 spiro atoms. The van der Waals surface area contributed by atoms with Crippen LogP contribution in [0.1, 0.15) is 38.8 Å². The summed E-state index contributed by atoms with van der Waals surface area (Å²) >= 11 is 0. The molecule has 1 heterocycles. The van der Waals surface area contributed by atoms with Crippen molar-refractivity contribution in [2.75, 3.05) is 47.9 Å². The number of amides is 1. The van der Waals surface area contributed by atoms with Gasteiger partial charge in [0, 0.05) is 32.2 Å². The van der Waals surface area contributed by atoms with E-state index < -0.39 is 5.60 Å². The molecule has 1 aromatic rings. The Hall–Kier alpha value is -2.48. The first-order valence-electron chi connectivity index (χ1n) is 10.4. The zero-order valence-corrected chi connectivity index (χ0v) is 19.4. The van der Waals surface area contributed by atoms with Crippen LogP contribution in [0.15, 0.2) is 29.3 Å². The number of methoxy groups -OCH3 is 1. The van der Waals surface area contributed by atoms with Crippen molar-refractivity contribution in [2.24, 2.45) is 4.99 Å². The minimum absolute atomic E-state index is 0.0391. The fraction of sp³-hybridized carbons (Fsp3) is 0.636. The molecule has 1 aliphatic heterocycles. The van der Waals surface area contributed by atoms with Gasteiger partial charge in [-0.25, -0.2) is 4.79 Å². The van der Waals surface area contributed by atoms with E-state index in [2.05, 4.69) is 45.6 Å². The number of hydrogen-bond donors (Lipinski definition) is 2. The third-order valence-electron chi connectivity index (χ3n) is 5.00. The number of carbonyl (C=O) groups excluding carboxylic acids is 1. The maximum absolute atomic E-state index is 12.1. The molecule has 1 aliphatic rings. The average Bonchev–Trinajstić information content (AvgIpc) is 3.11.